The second-order valence-corrected chi connectivity index (χ2v) is 13.0. The predicted molar refractivity (Wildman–Crippen MR) is 145 cm³/mol. The minimum Gasteiger partial charge on any atom is -0.444 e. The van der Waals surface area contributed by atoms with Gasteiger partial charge in [0.05, 0.1) is 15.3 Å². The third kappa shape index (κ3) is 5.44. The molecule has 7 nitrogen and oxygen atoms in total. The molecule has 37 heavy (non-hydrogen) atoms. The van der Waals surface area contributed by atoms with Gasteiger partial charge in [-0.1, -0.05) is 24.3 Å². The summed E-state index contributed by atoms with van der Waals surface area (Å²) >= 11 is 0. The molecule has 0 unspecified atom stereocenters. The van der Waals surface area contributed by atoms with Crippen molar-refractivity contribution in [2.45, 2.75) is 67.8 Å². The lowest BCUT2D eigenvalue weighted by molar-refractivity contribution is 0.0205. The molecule has 0 spiro atoms. The van der Waals surface area contributed by atoms with Crippen LogP contribution in [0.5, 0.6) is 0 Å². The molecule has 196 valence electrons. The molecule has 0 bridgehead atoms. The van der Waals surface area contributed by atoms with Crippen molar-refractivity contribution in [1.29, 1.82) is 0 Å². The topological polar surface area (TPSA) is 79.8 Å². The SMILES string of the molecule is CC(C)(C)OC(=O)N1CCC(c2cccc3cc(S(=O)(=O)c4cccc(N5CCCC5)c4)cnc23)CC1. The fraction of sp³-hybridized carbons (Fsp3) is 0.448. The van der Waals surface area contributed by atoms with Crippen LogP contribution < -0.4 is 4.90 Å². The van der Waals surface area contributed by atoms with Crippen molar-refractivity contribution in [1.82, 2.24) is 9.88 Å². The number of fused-ring (bicyclic) bond motifs is 1. The number of ether oxygens (including phenoxy) is 1. The van der Waals surface area contributed by atoms with Crippen LogP contribution in [0.1, 0.15) is 57.9 Å². The number of piperidine rings is 1. The number of nitrogens with zero attached hydrogens (tertiary/aromatic N) is 3. The Morgan fingerprint density at radius 1 is 0.946 bits per heavy atom. The number of hydrogen-bond acceptors (Lipinski definition) is 6. The van der Waals surface area contributed by atoms with E-state index in [4.69, 9.17) is 4.74 Å². The van der Waals surface area contributed by atoms with Gasteiger partial charge in [-0.25, -0.2) is 13.2 Å². The number of carbonyl (C=O) groups excluding carboxylic acids is 1. The molecule has 2 aliphatic rings. The molecule has 3 aromatic rings. The second-order valence-electron chi connectivity index (χ2n) is 11.0. The van der Waals surface area contributed by atoms with E-state index < -0.39 is 15.4 Å². The maximum Gasteiger partial charge on any atom is 0.410 e. The first kappa shape index (κ1) is 25.5. The van der Waals surface area contributed by atoms with E-state index in [2.05, 4.69) is 16.0 Å². The molecule has 0 radical (unpaired) electrons. The van der Waals surface area contributed by atoms with Crippen LogP contribution >= 0.6 is 0 Å². The number of pyridine rings is 1. The van der Waals surface area contributed by atoms with E-state index >= 15 is 0 Å². The number of hydrogen-bond donors (Lipinski definition) is 0. The highest BCUT2D eigenvalue weighted by Crippen LogP contribution is 2.34. The third-order valence-corrected chi connectivity index (χ3v) is 8.93. The molecule has 3 heterocycles. The van der Waals surface area contributed by atoms with Crippen molar-refractivity contribution in [2.24, 2.45) is 0 Å². The summed E-state index contributed by atoms with van der Waals surface area (Å²) in [5, 5.41) is 0.809. The van der Waals surface area contributed by atoms with Crippen LogP contribution in [-0.4, -0.2) is 56.2 Å². The fourth-order valence-electron chi connectivity index (χ4n) is 5.30. The van der Waals surface area contributed by atoms with Crippen molar-refractivity contribution < 1.29 is 17.9 Å². The van der Waals surface area contributed by atoms with Crippen LogP contribution in [0.3, 0.4) is 0 Å². The average Bonchev–Trinajstić information content (AvgIpc) is 3.42. The summed E-state index contributed by atoms with van der Waals surface area (Å²) in [6, 6.07) is 14.9. The van der Waals surface area contributed by atoms with Crippen molar-refractivity contribution >= 4 is 32.5 Å². The van der Waals surface area contributed by atoms with E-state index in [0.717, 1.165) is 60.9 Å². The lowest BCUT2D eigenvalue weighted by Gasteiger charge is -2.33. The van der Waals surface area contributed by atoms with Gasteiger partial charge >= 0.3 is 6.09 Å². The standard InChI is InChI=1S/C29H35N3O4S/c1-29(2,3)36-28(33)32-16-12-21(13-17-32)26-11-6-8-22-18-25(20-30-27(22)26)37(34,35)24-10-7-9-23(19-24)31-14-4-5-15-31/h6-11,18-21H,4-5,12-17H2,1-3H3. The Hall–Kier alpha value is -3.13. The molecule has 5 rings (SSSR count). The summed E-state index contributed by atoms with van der Waals surface area (Å²) < 4.78 is 32.6. The molecule has 8 heteroatoms. The number of benzene rings is 2. The summed E-state index contributed by atoms with van der Waals surface area (Å²) in [6.07, 6.45) is 5.10. The minimum absolute atomic E-state index is 0.204. The Morgan fingerprint density at radius 3 is 2.35 bits per heavy atom. The van der Waals surface area contributed by atoms with E-state index in [1.807, 2.05) is 45.0 Å². The van der Waals surface area contributed by atoms with Crippen molar-refractivity contribution in [3.05, 3.63) is 60.3 Å². The Bertz CT molecular complexity index is 1400. The molecule has 0 atom stereocenters. The zero-order chi connectivity index (χ0) is 26.2. The zero-order valence-electron chi connectivity index (χ0n) is 21.8. The highest BCUT2D eigenvalue weighted by atomic mass is 32.2. The first-order valence-electron chi connectivity index (χ1n) is 13.1. The van der Waals surface area contributed by atoms with E-state index in [1.165, 1.54) is 6.20 Å². The summed E-state index contributed by atoms with van der Waals surface area (Å²) in [7, 11) is -3.70. The van der Waals surface area contributed by atoms with Gasteiger partial charge in [0.25, 0.3) is 0 Å². The summed E-state index contributed by atoms with van der Waals surface area (Å²) in [4.78, 5) is 21.6. The van der Waals surface area contributed by atoms with Crippen LogP contribution in [0, 0.1) is 0 Å². The summed E-state index contributed by atoms with van der Waals surface area (Å²) in [6.45, 7) is 8.78. The van der Waals surface area contributed by atoms with Crippen molar-refractivity contribution in [2.75, 3.05) is 31.1 Å². The minimum atomic E-state index is -3.70. The smallest absolute Gasteiger partial charge is 0.410 e. The summed E-state index contributed by atoms with van der Waals surface area (Å²) in [5.41, 5.74) is 2.36. The first-order chi connectivity index (χ1) is 17.6. The molecule has 2 saturated heterocycles. The number of likely N-dealkylation sites (tertiary alicyclic amines) is 1. The van der Waals surface area contributed by atoms with E-state index in [-0.39, 0.29) is 16.9 Å². The molecule has 1 amide bonds. The number of para-hydroxylation sites is 1. The quantitative estimate of drug-likeness (QED) is 0.433. The van der Waals surface area contributed by atoms with Gasteiger partial charge in [0.15, 0.2) is 0 Å². The second kappa shape index (κ2) is 9.97. The van der Waals surface area contributed by atoms with E-state index in [9.17, 15) is 13.2 Å². The Morgan fingerprint density at radius 2 is 1.65 bits per heavy atom. The third-order valence-electron chi connectivity index (χ3n) is 7.21. The molecule has 2 fully saturated rings. The number of rotatable bonds is 4. The highest BCUT2D eigenvalue weighted by Gasteiger charge is 2.29. The normalized spacial score (nSPS) is 17.4. The molecule has 1 aromatic heterocycles. The first-order valence-corrected chi connectivity index (χ1v) is 14.6. The van der Waals surface area contributed by atoms with Crippen LogP contribution in [0.4, 0.5) is 10.5 Å². The van der Waals surface area contributed by atoms with Gasteiger partial charge in [-0.15, -0.1) is 0 Å². The molecular weight excluding hydrogens is 486 g/mol. The molecule has 2 aromatic carbocycles. The zero-order valence-corrected chi connectivity index (χ0v) is 22.6. The maximum atomic E-state index is 13.5. The van der Waals surface area contributed by atoms with Gasteiger partial charge < -0.3 is 14.5 Å². The Balaban J connectivity index is 1.37. The van der Waals surface area contributed by atoms with Crippen LogP contribution in [0.25, 0.3) is 10.9 Å². The fourth-order valence-corrected chi connectivity index (χ4v) is 6.58. The van der Waals surface area contributed by atoms with E-state index in [1.54, 1.807) is 23.1 Å². The predicted octanol–water partition coefficient (Wildman–Crippen LogP) is 5.78. The molecule has 0 aliphatic carbocycles. The van der Waals surface area contributed by atoms with Crippen LogP contribution in [0.15, 0.2) is 64.5 Å². The van der Waals surface area contributed by atoms with Crippen LogP contribution in [-0.2, 0) is 14.6 Å². The largest absolute Gasteiger partial charge is 0.444 e. The average molecular weight is 522 g/mol. The van der Waals surface area contributed by atoms with Gasteiger partial charge in [-0.3, -0.25) is 4.98 Å². The lowest BCUT2D eigenvalue weighted by atomic mass is 9.88. The van der Waals surface area contributed by atoms with Gasteiger partial charge in [0, 0.05) is 43.4 Å². The number of carbonyl (C=O) groups is 1. The molecular formula is C29H35N3O4S. The number of anilines is 1. The van der Waals surface area contributed by atoms with Gasteiger partial charge in [0.1, 0.15) is 5.60 Å². The molecule has 0 saturated carbocycles. The Labute approximate surface area is 219 Å². The van der Waals surface area contributed by atoms with Gasteiger partial charge in [-0.05, 0) is 82.2 Å². The van der Waals surface area contributed by atoms with Gasteiger partial charge in [-0.2, -0.15) is 0 Å². The maximum absolute atomic E-state index is 13.5. The van der Waals surface area contributed by atoms with Crippen molar-refractivity contribution in [3.63, 3.8) is 0 Å². The van der Waals surface area contributed by atoms with Crippen LogP contribution in [0.2, 0.25) is 0 Å². The number of sulfone groups is 1. The Kier molecular flexibility index (Phi) is 6.88. The van der Waals surface area contributed by atoms with Crippen molar-refractivity contribution in [3.8, 4) is 0 Å². The lowest BCUT2D eigenvalue weighted by Crippen LogP contribution is -2.41. The van der Waals surface area contributed by atoms with E-state index in [0.29, 0.717) is 18.0 Å². The number of amides is 1. The summed E-state index contributed by atoms with van der Waals surface area (Å²) in [5.74, 6) is 0.245. The molecule has 2 aliphatic heterocycles. The number of aromatic nitrogens is 1. The monoisotopic (exact) mass is 521 g/mol. The van der Waals surface area contributed by atoms with Gasteiger partial charge in [0.2, 0.25) is 9.84 Å². The highest BCUT2D eigenvalue weighted by molar-refractivity contribution is 7.91. The molecule has 0 N–H and O–H groups in total.